The highest BCUT2D eigenvalue weighted by atomic mass is 16.3. The molecule has 22 heavy (non-hydrogen) atoms. The molecule has 0 heterocycles. The largest absolute Gasteiger partial charge is 0.376 e. The second-order valence-corrected chi connectivity index (χ2v) is 7.11. The zero-order valence-corrected chi connectivity index (χ0v) is 13.9. The van der Waals surface area contributed by atoms with Crippen LogP contribution in [0.25, 0.3) is 6.08 Å². The predicted molar refractivity (Wildman–Crippen MR) is 89.5 cm³/mol. The van der Waals surface area contributed by atoms with Crippen LogP contribution in [0.5, 0.6) is 0 Å². The van der Waals surface area contributed by atoms with E-state index >= 15 is 0 Å². The van der Waals surface area contributed by atoms with Crippen molar-refractivity contribution in [1.82, 2.24) is 0 Å². The quantitative estimate of drug-likeness (QED) is 0.839. The molecule has 3 rings (SSSR count). The van der Waals surface area contributed by atoms with E-state index in [9.17, 15) is 9.90 Å². The number of carbonyl (C=O) groups is 1. The third-order valence-electron chi connectivity index (χ3n) is 5.28. The van der Waals surface area contributed by atoms with Crippen molar-refractivity contribution in [2.45, 2.75) is 46.1 Å². The molecule has 2 aliphatic rings. The van der Waals surface area contributed by atoms with Gasteiger partial charge in [-0.3, -0.25) is 4.79 Å². The van der Waals surface area contributed by atoms with Gasteiger partial charge in [0.15, 0.2) is 11.4 Å². The van der Waals surface area contributed by atoms with E-state index < -0.39 is 5.60 Å². The molecule has 1 N–H and O–H groups in total. The van der Waals surface area contributed by atoms with Gasteiger partial charge in [-0.2, -0.15) is 0 Å². The van der Waals surface area contributed by atoms with Crippen LogP contribution in [-0.4, -0.2) is 10.9 Å². The highest BCUT2D eigenvalue weighted by molar-refractivity contribution is 6.09. The molecule has 0 fully saturated rings. The van der Waals surface area contributed by atoms with E-state index in [1.165, 1.54) is 0 Å². The van der Waals surface area contributed by atoms with Crippen LogP contribution in [0.3, 0.4) is 0 Å². The number of Topliss-reactive ketones (excluding diaryl/α,β-unsaturated/α-hetero) is 1. The number of hydrogen-bond acceptors (Lipinski definition) is 2. The maximum absolute atomic E-state index is 13.1. The van der Waals surface area contributed by atoms with Crippen molar-refractivity contribution in [3.63, 3.8) is 0 Å². The molecular weight excluding hydrogens is 272 g/mol. The van der Waals surface area contributed by atoms with E-state index in [4.69, 9.17) is 0 Å². The zero-order chi connectivity index (χ0) is 16.2. The molecule has 0 amide bonds. The lowest BCUT2D eigenvalue weighted by molar-refractivity contribution is -0.141. The molecule has 1 aromatic rings. The van der Waals surface area contributed by atoms with Crippen LogP contribution in [-0.2, 0) is 16.8 Å². The molecule has 0 aliphatic heterocycles. The van der Waals surface area contributed by atoms with Gasteiger partial charge in [0.05, 0.1) is 0 Å². The van der Waals surface area contributed by atoms with Gasteiger partial charge in [0.25, 0.3) is 0 Å². The fraction of sp³-hybridized carbons (Fsp3) is 0.450. The molecule has 0 unspecified atom stereocenters. The molecule has 0 saturated heterocycles. The van der Waals surface area contributed by atoms with Crippen LogP contribution >= 0.6 is 0 Å². The van der Waals surface area contributed by atoms with Gasteiger partial charge in [-0.25, -0.2) is 0 Å². The third kappa shape index (κ3) is 1.87. The van der Waals surface area contributed by atoms with Crippen LogP contribution in [0, 0.1) is 18.8 Å². The van der Waals surface area contributed by atoms with Crippen molar-refractivity contribution in [3.8, 4) is 0 Å². The van der Waals surface area contributed by atoms with Crippen molar-refractivity contribution in [1.29, 1.82) is 0 Å². The van der Waals surface area contributed by atoms with Gasteiger partial charge < -0.3 is 5.11 Å². The smallest absolute Gasteiger partial charge is 0.195 e. The molecule has 2 atom stereocenters. The minimum absolute atomic E-state index is 0.0992. The van der Waals surface area contributed by atoms with Gasteiger partial charge in [-0.15, -0.1) is 0 Å². The second-order valence-electron chi connectivity index (χ2n) is 7.11. The summed E-state index contributed by atoms with van der Waals surface area (Å²) >= 11 is 0. The Kier molecular flexibility index (Phi) is 3.41. The number of rotatable bonds is 2. The van der Waals surface area contributed by atoms with Crippen molar-refractivity contribution in [2.75, 3.05) is 0 Å². The van der Waals surface area contributed by atoms with Crippen LogP contribution in [0.4, 0.5) is 0 Å². The number of aliphatic hydroxyl groups is 1. The van der Waals surface area contributed by atoms with Crippen LogP contribution in [0.15, 0.2) is 29.9 Å². The fourth-order valence-corrected chi connectivity index (χ4v) is 4.09. The number of benzene rings is 1. The van der Waals surface area contributed by atoms with E-state index in [0.29, 0.717) is 0 Å². The Morgan fingerprint density at radius 2 is 2.09 bits per heavy atom. The first kappa shape index (κ1) is 15.2. The summed E-state index contributed by atoms with van der Waals surface area (Å²) in [5.74, 6) is -0.229. The Morgan fingerprint density at radius 3 is 2.68 bits per heavy atom. The van der Waals surface area contributed by atoms with Gasteiger partial charge in [-0.05, 0) is 55.4 Å². The van der Waals surface area contributed by atoms with Gasteiger partial charge in [0.1, 0.15) is 0 Å². The summed E-state index contributed by atoms with van der Waals surface area (Å²) < 4.78 is 0. The lowest BCUT2D eigenvalue weighted by atomic mass is 9.61. The molecule has 0 bridgehead atoms. The SMILES string of the molecule is C=C(C)[C@@H]1CCc2c(C)ccc3c2[C@]1(O)C(=O)C(C(C)C)=C3. The van der Waals surface area contributed by atoms with E-state index in [-0.39, 0.29) is 17.6 Å². The monoisotopic (exact) mass is 296 g/mol. The minimum atomic E-state index is -1.44. The summed E-state index contributed by atoms with van der Waals surface area (Å²) in [4.78, 5) is 13.1. The maximum atomic E-state index is 13.1. The van der Waals surface area contributed by atoms with Crippen molar-refractivity contribution < 1.29 is 9.90 Å². The average molecular weight is 296 g/mol. The lowest BCUT2D eigenvalue weighted by Crippen LogP contribution is -2.50. The summed E-state index contributed by atoms with van der Waals surface area (Å²) in [7, 11) is 0. The number of ketones is 1. The standard InChI is InChI=1S/C20H24O2/c1-11(2)16-10-14-7-6-13(5)15-8-9-17(12(3)4)20(22,18(14)15)19(16)21/h6-7,10-11,17,22H,3,8-9H2,1-2,4-5H3/t17-,20-/m0/s1. The number of carbonyl (C=O) groups excluding carboxylic acids is 1. The van der Waals surface area contributed by atoms with Gasteiger partial charge in [0, 0.05) is 17.1 Å². The minimum Gasteiger partial charge on any atom is -0.376 e. The predicted octanol–water partition coefficient (Wildman–Crippen LogP) is 3.94. The van der Waals surface area contributed by atoms with Gasteiger partial charge >= 0.3 is 0 Å². The Hall–Kier alpha value is -1.67. The van der Waals surface area contributed by atoms with E-state index in [1.54, 1.807) is 0 Å². The summed E-state index contributed by atoms with van der Waals surface area (Å²) in [6, 6.07) is 4.13. The Labute approximate surface area is 132 Å². The van der Waals surface area contributed by atoms with Crippen molar-refractivity contribution >= 4 is 11.9 Å². The molecule has 2 nitrogen and oxygen atoms in total. The number of aryl methyl sites for hydroxylation is 1. The summed E-state index contributed by atoms with van der Waals surface area (Å²) in [6.07, 6.45) is 3.65. The molecule has 0 radical (unpaired) electrons. The molecule has 116 valence electrons. The molecule has 1 aromatic carbocycles. The summed E-state index contributed by atoms with van der Waals surface area (Å²) in [6.45, 7) is 12.0. The Balaban J connectivity index is 2.36. The Bertz CT molecular complexity index is 709. The topological polar surface area (TPSA) is 37.3 Å². The van der Waals surface area contributed by atoms with Crippen LogP contribution in [0.1, 0.15) is 49.4 Å². The summed E-state index contributed by atoms with van der Waals surface area (Å²) in [5, 5.41) is 11.6. The first-order chi connectivity index (χ1) is 10.3. The van der Waals surface area contributed by atoms with E-state index in [0.717, 1.165) is 46.2 Å². The zero-order valence-electron chi connectivity index (χ0n) is 13.9. The van der Waals surface area contributed by atoms with Crippen molar-refractivity contribution in [3.05, 3.63) is 52.1 Å². The van der Waals surface area contributed by atoms with Gasteiger partial charge in [-0.1, -0.05) is 38.1 Å². The first-order valence-electron chi connectivity index (χ1n) is 8.05. The lowest BCUT2D eigenvalue weighted by Gasteiger charge is -2.45. The first-order valence-corrected chi connectivity index (χ1v) is 8.05. The fourth-order valence-electron chi connectivity index (χ4n) is 4.09. The molecule has 0 spiro atoms. The molecule has 0 saturated carbocycles. The number of hydrogen-bond donors (Lipinski definition) is 1. The van der Waals surface area contributed by atoms with E-state index in [1.807, 2.05) is 32.9 Å². The highest BCUT2D eigenvalue weighted by Crippen LogP contribution is 2.50. The second kappa shape index (κ2) is 4.92. The van der Waals surface area contributed by atoms with Gasteiger partial charge in [0.2, 0.25) is 0 Å². The summed E-state index contributed by atoms with van der Waals surface area (Å²) in [5.41, 5.74) is 4.31. The van der Waals surface area contributed by atoms with Crippen LogP contribution in [0.2, 0.25) is 0 Å². The molecule has 2 aliphatic carbocycles. The average Bonchev–Trinajstić information content (AvgIpc) is 2.44. The highest BCUT2D eigenvalue weighted by Gasteiger charge is 2.53. The van der Waals surface area contributed by atoms with E-state index in [2.05, 4.69) is 19.6 Å². The maximum Gasteiger partial charge on any atom is 0.195 e. The van der Waals surface area contributed by atoms with Crippen molar-refractivity contribution in [2.24, 2.45) is 11.8 Å². The molecule has 0 aromatic heterocycles. The van der Waals surface area contributed by atoms with Crippen LogP contribution < -0.4 is 0 Å². The normalized spacial score (nSPS) is 26.7. The Morgan fingerprint density at radius 1 is 1.41 bits per heavy atom. The third-order valence-corrected chi connectivity index (χ3v) is 5.28. The molecule has 2 heteroatoms. The molecular formula is C20H24O2.